The molecule has 0 radical (unpaired) electrons. The van der Waals surface area contributed by atoms with Crippen LogP contribution in [0.1, 0.15) is 16.8 Å². The lowest BCUT2D eigenvalue weighted by molar-refractivity contribution is 0.0984. The first-order chi connectivity index (χ1) is 6.20. The van der Waals surface area contributed by atoms with Gasteiger partial charge in [-0.05, 0) is 12.1 Å². The molecule has 0 aliphatic carbocycles. The SMILES string of the molecule is O=C1CCNc2c1ccc(Cl)c2Cl. The van der Waals surface area contributed by atoms with Gasteiger partial charge in [-0.3, -0.25) is 4.79 Å². The lowest BCUT2D eigenvalue weighted by atomic mass is 10.0. The molecule has 1 aromatic carbocycles. The van der Waals surface area contributed by atoms with E-state index in [1.165, 1.54) is 0 Å². The summed E-state index contributed by atoms with van der Waals surface area (Å²) in [5, 5.41) is 3.98. The first-order valence-electron chi connectivity index (χ1n) is 3.95. The van der Waals surface area contributed by atoms with Crippen LogP contribution >= 0.6 is 23.2 Å². The van der Waals surface area contributed by atoms with Crippen LogP contribution in [0.2, 0.25) is 10.0 Å². The Kier molecular flexibility index (Phi) is 2.18. The Morgan fingerprint density at radius 2 is 2.08 bits per heavy atom. The quantitative estimate of drug-likeness (QED) is 0.722. The van der Waals surface area contributed by atoms with E-state index in [-0.39, 0.29) is 5.78 Å². The molecule has 2 rings (SSSR count). The average Bonchev–Trinajstić information content (AvgIpc) is 2.12. The number of rotatable bonds is 0. The summed E-state index contributed by atoms with van der Waals surface area (Å²) in [6.07, 6.45) is 0.519. The first-order valence-corrected chi connectivity index (χ1v) is 4.71. The molecule has 0 saturated carbocycles. The summed E-state index contributed by atoms with van der Waals surface area (Å²) in [6, 6.07) is 3.35. The summed E-state index contributed by atoms with van der Waals surface area (Å²) in [7, 11) is 0. The lowest BCUT2D eigenvalue weighted by Gasteiger charge is -2.18. The molecule has 0 saturated heterocycles. The van der Waals surface area contributed by atoms with E-state index >= 15 is 0 Å². The molecule has 0 spiro atoms. The second-order valence-corrected chi connectivity index (χ2v) is 3.67. The van der Waals surface area contributed by atoms with Gasteiger partial charge in [0.05, 0.1) is 15.7 Å². The summed E-state index contributed by atoms with van der Waals surface area (Å²) >= 11 is 11.7. The maximum Gasteiger partial charge on any atom is 0.166 e. The fourth-order valence-corrected chi connectivity index (χ4v) is 1.78. The molecule has 68 valence electrons. The highest BCUT2D eigenvalue weighted by atomic mass is 35.5. The van der Waals surface area contributed by atoms with Crippen LogP contribution in [0.4, 0.5) is 5.69 Å². The highest BCUT2D eigenvalue weighted by Crippen LogP contribution is 2.35. The summed E-state index contributed by atoms with van der Waals surface area (Å²) in [4.78, 5) is 11.4. The van der Waals surface area contributed by atoms with E-state index in [2.05, 4.69) is 5.32 Å². The molecule has 13 heavy (non-hydrogen) atoms. The molecule has 1 aliphatic heterocycles. The Balaban J connectivity index is 2.63. The monoisotopic (exact) mass is 215 g/mol. The molecular weight excluding hydrogens is 209 g/mol. The van der Waals surface area contributed by atoms with Crippen molar-refractivity contribution < 1.29 is 4.79 Å². The number of halogens is 2. The molecule has 1 aliphatic rings. The number of carbonyl (C=O) groups is 1. The number of hydrogen-bond acceptors (Lipinski definition) is 2. The van der Waals surface area contributed by atoms with E-state index in [9.17, 15) is 4.79 Å². The van der Waals surface area contributed by atoms with Crippen LogP contribution in [-0.2, 0) is 0 Å². The summed E-state index contributed by atoms with van der Waals surface area (Å²) < 4.78 is 0. The molecule has 0 aromatic heterocycles. The van der Waals surface area contributed by atoms with Crippen molar-refractivity contribution in [2.24, 2.45) is 0 Å². The van der Waals surface area contributed by atoms with Gasteiger partial charge >= 0.3 is 0 Å². The van der Waals surface area contributed by atoms with Gasteiger partial charge in [0.15, 0.2) is 5.78 Å². The summed E-state index contributed by atoms with van der Waals surface area (Å²) in [6.45, 7) is 0.631. The van der Waals surface area contributed by atoms with Gasteiger partial charge in [-0.15, -0.1) is 0 Å². The zero-order valence-corrected chi connectivity index (χ0v) is 8.24. The van der Waals surface area contributed by atoms with Crippen LogP contribution < -0.4 is 5.32 Å². The van der Waals surface area contributed by atoms with Gasteiger partial charge in [0.1, 0.15) is 0 Å². The van der Waals surface area contributed by atoms with Crippen molar-refractivity contribution in [3.05, 3.63) is 27.7 Å². The van der Waals surface area contributed by atoms with Crippen molar-refractivity contribution in [2.45, 2.75) is 6.42 Å². The smallest absolute Gasteiger partial charge is 0.166 e. The zero-order valence-electron chi connectivity index (χ0n) is 6.73. The van der Waals surface area contributed by atoms with Gasteiger partial charge in [-0.2, -0.15) is 0 Å². The van der Waals surface area contributed by atoms with Gasteiger partial charge in [-0.25, -0.2) is 0 Å². The van der Waals surface area contributed by atoms with E-state index in [4.69, 9.17) is 23.2 Å². The third-order valence-electron chi connectivity index (χ3n) is 2.05. The van der Waals surface area contributed by atoms with Crippen molar-refractivity contribution >= 4 is 34.7 Å². The molecule has 1 heterocycles. The second-order valence-electron chi connectivity index (χ2n) is 2.88. The Bertz CT molecular complexity index is 376. The van der Waals surface area contributed by atoms with Gasteiger partial charge in [0.25, 0.3) is 0 Å². The molecule has 2 nitrogen and oxygen atoms in total. The Labute approximate surface area is 85.8 Å². The molecule has 4 heteroatoms. The third kappa shape index (κ3) is 1.40. The van der Waals surface area contributed by atoms with Crippen LogP contribution in [-0.4, -0.2) is 12.3 Å². The minimum absolute atomic E-state index is 0.118. The van der Waals surface area contributed by atoms with Crippen LogP contribution in [0.5, 0.6) is 0 Å². The van der Waals surface area contributed by atoms with E-state index in [1.807, 2.05) is 0 Å². The van der Waals surface area contributed by atoms with Crippen LogP contribution in [0.25, 0.3) is 0 Å². The predicted octanol–water partition coefficient (Wildman–Crippen LogP) is 2.99. The maximum absolute atomic E-state index is 11.4. The van der Waals surface area contributed by atoms with Crippen molar-refractivity contribution in [3.63, 3.8) is 0 Å². The molecule has 0 amide bonds. The molecule has 1 aromatic rings. The first kappa shape index (κ1) is 8.85. The second kappa shape index (κ2) is 3.20. The fourth-order valence-electron chi connectivity index (χ4n) is 1.39. The molecule has 0 atom stereocenters. The number of nitrogens with one attached hydrogen (secondary N) is 1. The van der Waals surface area contributed by atoms with E-state index in [1.54, 1.807) is 12.1 Å². The Morgan fingerprint density at radius 3 is 2.85 bits per heavy atom. The van der Waals surface area contributed by atoms with Crippen molar-refractivity contribution in [2.75, 3.05) is 11.9 Å². The van der Waals surface area contributed by atoms with Gasteiger partial charge in [0, 0.05) is 18.5 Å². The minimum atomic E-state index is 0.118. The molecule has 0 unspecified atom stereocenters. The highest BCUT2D eigenvalue weighted by Gasteiger charge is 2.19. The van der Waals surface area contributed by atoms with E-state index < -0.39 is 0 Å². The normalized spacial score (nSPS) is 15.1. The van der Waals surface area contributed by atoms with Gasteiger partial charge in [-0.1, -0.05) is 23.2 Å². The Hall–Kier alpha value is -0.730. The van der Waals surface area contributed by atoms with E-state index in [0.29, 0.717) is 34.3 Å². The molecular formula is C9H7Cl2NO. The van der Waals surface area contributed by atoms with Crippen molar-refractivity contribution in [1.82, 2.24) is 0 Å². The average molecular weight is 216 g/mol. The molecule has 1 N–H and O–H groups in total. The number of carbonyl (C=O) groups excluding carboxylic acids is 1. The number of fused-ring (bicyclic) bond motifs is 1. The summed E-state index contributed by atoms with van der Waals surface area (Å²) in [5.41, 5.74) is 1.31. The topological polar surface area (TPSA) is 29.1 Å². The largest absolute Gasteiger partial charge is 0.383 e. The van der Waals surface area contributed by atoms with Crippen LogP contribution in [0.3, 0.4) is 0 Å². The highest BCUT2D eigenvalue weighted by molar-refractivity contribution is 6.44. The molecule has 0 bridgehead atoms. The standard InChI is InChI=1S/C9H7Cl2NO/c10-6-2-1-5-7(13)3-4-12-9(5)8(6)11/h1-2,12H,3-4H2. The van der Waals surface area contributed by atoms with Gasteiger partial charge in [0.2, 0.25) is 0 Å². The lowest BCUT2D eigenvalue weighted by Crippen LogP contribution is -2.18. The number of ketones is 1. The number of Topliss-reactive ketones (excluding diaryl/α,β-unsaturated/α-hetero) is 1. The van der Waals surface area contributed by atoms with Crippen LogP contribution in [0, 0.1) is 0 Å². The summed E-state index contributed by atoms with van der Waals surface area (Å²) in [5.74, 6) is 0.118. The fraction of sp³-hybridized carbons (Fsp3) is 0.222. The minimum Gasteiger partial charge on any atom is -0.383 e. The Morgan fingerprint density at radius 1 is 1.31 bits per heavy atom. The predicted molar refractivity (Wildman–Crippen MR) is 53.9 cm³/mol. The third-order valence-corrected chi connectivity index (χ3v) is 2.85. The molecule has 0 fully saturated rings. The van der Waals surface area contributed by atoms with E-state index in [0.717, 1.165) is 0 Å². The number of benzene rings is 1. The van der Waals surface area contributed by atoms with Crippen LogP contribution in [0.15, 0.2) is 12.1 Å². The number of anilines is 1. The maximum atomic E-state index is 11.4. The number of hydrogen-bond donors (Lipinski definition) is 1. The van der Waals surface area contributed by atoms with Crippen molar-refractivity contribution in [1.29, 1.82) is 0 Å². The zero-order chi connectivity index (χ0) is 9.42. The van der Waals surface area contributed by atoms with Gasteiger partial charge < -0.3 is 5.32 Å². The van der Waals surface area contributed by atoms with Crippen molar-refractivity contribution in [3.8, 4) is 0 Å².